The molecule has 0 amide bonds. The topological polar surface area (TPSA) is 86.2 Å². The highest BCUT2D eigenvalue weighted by molar-refractivity contribution is 7.71. The van der Waals surface area contributed by atoms with E-state index in [1.807, 2.05) is 0 Å². The standard InChI is InChI=1S/C8H10N2O4S/c1-14-8(11)2-6-3-9-7(10-4-6)5-15(12)13/h3-4,15H,2,5H2,1H3. The van der Waals surface area contributed by atoms with Crippen LogP contribution < -0.4 is 0 Å². The second kappa shape index (κ2) is 5.40. The Morgan fingerprint density at radius 1 is 1.40 bits per heavy atom. The molecule has 0 aliphatic rings. The summed E-state index contributed by atoms with van der Waals surface area (Å²) < 4.78 is 25.2. The van der Waals surface area contributed by atoms with Gasteiger partial charge < -0.3 is 4.74 Å². The number of carbonyl (C=O) groups excluding carboxylic acids is 1. The molecule has 0 aromatic carbocycles. The van der Waals surface area contributed by atoms with Crippen LogP contribution in [0.2, 0.25) is 0 Å². The van der Waals surface area contributed by atoms with Crippen molar-refractivity contribution in [3.05, 3.63) is 23.8 Å². The SMILES string of the molecule is COC(=O)Cc1cnc(C[SH](=O)=O)nc1. The van der Waals surface area contributed by atoms with Crippen LogP contribution in [0.15, 0.2) is 12.4 Å². The van der Waals surface area contributed by atoms with E-state index in [1.54, 1.807) is 0 Å². The molecule has 0 N–H and O–H groups in total. The Labute approximate surface area is 88.3 Å². The fraction of sp³-hybridized carbons (Fsp3) is 0.375. The number of esters is 1. The molecule has 7 heteroatoms. The first-order valence-electron chi connectivity index (χ1n) is 4.10. The van der Waals surface area contributed by atoms with Crippen molar-refractivity contribution < 1.29 is 17.9 Å². The van der Waals surface area contributed by atoms with Gasteiger partial charge >= 0.3 is 5.97 Å². The number of carbonyl (C=O) groups is 1. The van der Waals surface area contributed by atoms with E-state index in [1.165, 1.54) is 19.5 Å². The number of nitrogens with zero attached hydrogens (tertiary/aromatic N) is 2. The highest BCUT2D eigenvalue weighted by atomic mass is 32.2. The van der Waals surface area contributed by atoms with Gasteiger partial charge in [0.15, 0.2) is 0 Å². The van der Waals surface area contributed by atoms with Crippen LogP contribution in [-0.2, 0) is 32.4 Å². The minimum Gasteiger partial charge on any atom is -0.469 e. The lowest BCUT2D eigenvalue weighted by molar-refractivity contribution is -0.139. The van der Waals surface area contributed by atoms with Gasteiger partial charge in [-0.1, -0.05) is 0 Å². The molecular formula is C8H10N2O4S. The third-order valence-electron chi connectivity index (χ3n) is 1.61. The first-order chi connectivity index (χ1) is 7.11. The Bertz CT molecular complexity index is 405. The van der Waals surface area contributed by atoms with Crippen LogP contribution in [0.5, 0.6) is 0 Å². The number of hydrogen-bond acceptors (Lipinski definition) is 6. The van der Waals surface area contributed by atoms with Gasteiger partial charge in [-0.05, 0) is 5.56 Å². The van der Waals surface area contributed by atoms with E-state index in [-0.39, 0.29) is 24.0 Å². The predicted molar refractivity (Wildman–Crippen MR) is 51.8 cm³/mol. The van der Waals surface area contributed by atoms with Gasteiger partial charge in [-0.3, -0.25) is 4.79 Å². The monoisotopic (exact) mass is 230 g/mol. The zero-order chi connectivity index (χ0) is 11.3. The summed E-state index contributed by atoms with van der Waals surface area (Å²) in [6.45, 7) is 0. The maximum absolute atomic E-state index is 10.9. The van der Waals surface area contributed by atoms with Crippen molar-refractivity contribution in [2.75, 3.05) is 7.11 Å². The normalized spacial score (nSPS) is 10.3. The molecular weight excluding hydrogens is 220 g/mol. The van der Waals surface area contributed by atoms with Crippen LogP contribution in [0.25, 0.3) is 0 Å². The summed E-state index contributed by atoms with van der Waals surface area (Å²) in [6, 6.07) is 0. The number of hydrogen-bond donors (Lipinski definition) is 1. The lowest BCUT2D eigenvalue weighted by Crippen LogP contribution is -2.06. The molecule has 0 aliphatic heterocycles. The average Bonchev–Trinajstić information content (AvgIpc) is 2.20. The number of aromatic nitrogens is 2. The van der Waals surface area contributed by atoms with Crippen molar-refractivity contribution in [1.82, 2.24) is 9.97 Å². The van der Waals surface area contributed by atoms with Crippen molar-refractivity contribution in [2.24, 2.45) is 0 Å². The van der Waals surface area contributed by atoms with Crippen LogP contribution >= 0.6 is 0 Å². The highest BCUT2D eigenvalue weighted by Crippen LogP contribution is 1.99. The molecule has 1 rings (SSSR count). The van der Waals surface area contributed by atoms with Crippen LogP contribution in [0.1, 0.15) is 11.4 Å². The summed E-state index contributed by atoms with van der Waals surface area (Å²) in [5.74, 6) is -0.352. The van der Waals surface area contributed by atoms with E-state index in [0.29, 0.717) is 5.56 Å². The van der Waals surface area contributed by atoms with Crippen molar-refractivity contribution >= 4 is 16.7 Å². The summed E-state index contributed by atoms with van der Waals surface area (Å²) in [5.41, 5.74) is 0.590. The maximum Gasteiger partial charge on any atom is 0.310 e. The first kappa shape index (κ1) is 11.6. The molecule has 0 aliphatic carbocycles. The zero-order valence-corrected chi connectivity index (χ0v) is 8.94. The summed E-state index contributed by atoms with van der Waals surface area (Å²) in [6.07, 6.45) is 2.91. The van der Waals surface area contributed by atoms with Gasteiger partial charge in [0.25, 0.3) is 0 Å². The summed E-state index contributed by atoms with van der Waals surface area (Å²) >= 11 is 0. The van der Waals surface area contributed by atoms with Crippen LogP contribution in [-0.4, -0.2) is 31.5 Å². The van der Waals surface area contributed by atoms with Crippen molar-refractivity contribution in [2.45, 2.75) is 12.2 Å². The second-order valence-corrected chi connectivity index (χ2v) is 3.73. The summed E-state index contributed by atoms with van der Waals surface area (Å²) in [7, 11) is -1.23. The number of rotatable bonds is 4. The van der Waals surface area contributed by atoms with Gasteiger partial charge in [0.1, 0.15) is 22.3 Å². The van der Waals surface area contributed by atoms with Gasteiger partial charge in [-0.25, -0.2) is 18.4 Å². The quantitative estimate of drug-likeness (QED) is 0.544. The van der Waals surface area contributed by atoms with Gasteiger partial charge in [-0.15, -0.1) is 0 Å². The minimum absolute atomic E-state index is 0.0836. The Morgan fingerprint density at radius 3 is 2.47 bits per heavy atom. The largest absolute Gasteiger partial charge is 0.469 e. The minimum atomic E-state index is -2.52. The number of ether oxygens (including phenoxy) is 1. The number of methoxy groups -OCH3 is 1. The molecule has 0 saturated heterocycles. The van der Waals surface area contributed by atoms with E-state index in [0.717, 1.165) is 0 Å². The molecule has 0 saturated carbocycles. The molecule has 0 atom stereocenters. The smallest absolute Gasteiger partial charge is 0.310 e. The highest BCUT2D eigenvalue weighted by Gasteiger charge is 2.04. The molecule has 15 heavy (non-hydrogen) atoms. The molecule has 6 nitrogen and oxygen atoms in total. The maximum atomic E-state index is 10.9. The molecule has 0 unspecified atom stereocenters. The van der Waals surface area contributed by atoms with Crippen LogP contribution in [0, 0.1) is 0 Å². The van der Waals surface area contributed by atoms with E-state index in [4.69, 9.17) is 0 Å². The van der Waals surface area contributed by atoms with E-state index in [9.17, 15) is 13.2 Å². The molecule has 0 fully saturated rings. The third kappa shape index (κ3) is 4.03. The fourth-order valence-electron chi connectivity index (χ4n) is 0.909. The first-order valence-corrected chi connectivity index (χ1v) is 5.46. The summed E-state index contributed by atoms with van der Waals surface area (Å²) in [5, 5.41) is 0. The molecule has 1 aromatic heterocycles. The molecule has 1 aromatic rings. The van der Waals surface area contributed by atoms with Crippen LogP contribution in [0.4, 0.5) is 0 Å². The molecule has 1 heterocycles. The Hall–Kier alpha value is -1.50. The van der Waals surface area contributed by atoms with Gasteiger partial charge in [0.2, 0.25) is 0 Å². The Kier molecular flexibility index (Phi) is 4.17. The van der Waals surface area contributed by atoms with Crippen molar-refractivity contribution in [1.29, 1.82) is 0 Å². The van der Waals surface area contributed by atoms with Crippen molar-refractivity contribution in [3.63, 3.8) is 0 Å². The third-order valence-corrected chi connectivity index (χ3v) is 2.15. The van der Waals surface area contributed by atoms with Gasteiger partial charge in [0.05, 0.1) is 13.5 Å². The number of thiol groups is 1. The molecule has 0 bridgehead atoms. The second-order valence-electron chi connectivity index (χ2n) is 2.75. The van der Waals surface area contributed by atoms with Gasteiger partial charge in [0, 0.05) is 12.4 Å². The van der Waals surface area contributed by atoms with E-state index in [2.05, 4.69) is 14.7 Å². The average molecular weight is 230 g/mol. The lowest BCUT2D eigenvalue weighted by atomic mass is 10.2. The lowest BCUT2D eigenvalue weighted by Gasteiger charge is -1.99. The Balaban J connectivity index is 2.67. The summed E-state index contributed by atoms with van der Waals surface area (Å²) in [4.78, 5) is 18.5. The molecule has 0 spiro atoms. The van der Waals surface area contributed by atoms with Gasteiger partial charge in [-0.2, -0.15) is 0 Å². The fourth-order valence-corrected chi connectivity index (χ4v) is 1.30. The van der Waals surface area contributed by atoms with E-state index >= 15 is 0 Å². The van der Waals surface area contributed by atoms with Crippen LogP contribution in [0.3, 0.4) is 0 Å². The molecule has 0 radical (unpaired) electrons. The Morgan fingerprint density at radius 2 is 2.00 bits per heavy atom. The van der Waals surface area contributed by atoms with E-state index < -0.39 is 10.7 Å². The van der Waals surface area contributed by atoms with Crippen molar-refractivity contribution in [3.8, 4) is 0 Å². The predicted octanol–water partition coefficient (Wildman–Crippen LogP) is -0.696. The molecule has 82 valence electrons. The zero-order valence-electron chi connectivity index (χ0n) is 8.04.